The summed E-state index contributed by atoms with van der Waals surface area (Å²) in [5.74, 6) is 0.805. The predicted molar refractivity (Wildman–Crippen MR) is 99.8 cm³/mol. The number of hydrogen-bond donors (Lipinski definition) is 2. The molecule has 0 bridgehead atoms. The van der Waals surface area contributed by atoms with E-state index >= 15 is 0 Å². The van der Waals surface area contributed by atoms with E-state index in [-0.39, 0.29) is 0 Å². The highest BCUT2D eigenvalue weighted by atomic mass is 79.9. The highest BCUT2D eigenvalue weighted by Gasteiger charge is 2.32. The zero-order chi connectivity index (χ0) is 15.6. The lowest BCUT2D eigenvalue weighted by Gasteiger charge is -2.41. The van der Waals surface area contributed by atoms with E-state index in [0.29, 0.717) is 6.04 Å². The van der Waals surface area contributed by atoms with Gasteiger partial charge in [0, 0.05) is 53.8 Å². The van der Waals surface area contributed by atoms with Gasteiger partial charge in [-0.05, 0) is 42.5 Å². The first-order chi connectivity index (χ1) is 11.3. The third-order valence-electron chi connectivity index (χ3n) is 5.64. The molecule has 0 spiro atoms. The third-order valence-corrected chi connectivity index (χ3v) is 6.13. The van der Waals surface area contributed by atoms with Gasteiger partial charge in [-0.2, -0.15) is 0 Å². The molecule has 1 aromatic heterocycles. The van der Waals surface area contributed by atoms with Crippen molar-refractivity contribution in [3.05, 3.63) is 34.4 Å². The molecule has 1 saturated heterocycles. The van der Waals surface area contributed by atoms with E-state index in [9.17, 15) is 0 Å². The summed E-state index contributed by atoms with van der Waals surface area (Å²) in [6.07, 6.45) is 9.27. The highest BCUT2D eigenvalue weighted by molar-refractivity contribution is 9.10. The average molecular weight is 376 g/mol. The Bertz CT molecular complexity index is 636. The summed E-state index contributed by atoms with van der Waals surface area (Å²) in [5.41, 5.74) is 2.77. The molecule has 1 saturated carbocycles. The van der Waals surface area contributed by atoms with Crippen molar-refractivity contribution in [3.8, 4) is 0 Å². The summed E-state index contributed by atoms with van der Waals surface area (Å²) in [4.78, 5) is 6.24. The number of aromatic amines is 1. The van der Waals surface area contributed by atoms with Crippen LogP contribution in [0.25, 0.3) is 10.9 Å². The van der Waals surface area contributed by atoms with Crippen LogP contribution in [0.5, 0.6) is 0 Å². The molecule has 1 aliphatic carbocycles. The van der Waals surface area contributed by atoms with Crippen molar-refractivity contribution in [2.24, 2.45) is 5.92 Å². The second-order valence-corrected chi connectivity index (χ2v) is 7.98. The Kier molecular flexibility index (Phi) is 4.74. The minimum Gasteiger partial charge on any atom is -0.361 e. The van der Waals surface area contributed by atoms with Crippen LogP contribution in [0.15, 0.2) is 28.9 Å². The molecule has 2 aromatic rings. The SMILES string of the molecule is Brc1ccc2[nH]cc([C@H](C3CCCCC3)N3CCNCC3)c2c1. The molecule has 1 aliphatic heterocycles. The monoisotopic (exact) mass is 375 g/mol. The first kappa shape index (κ1) is 15.7. The molecule has 4 rings (SSSR count). The molecule has 124 valence electrons. The van der Waals surface area contributed by atoms with Crippen molar-refractivity contribution >= 4 is 26.8 Å². The number of rotatable bonds is 3. The fourth-order valence-corrected chi connectivity index (χ4v) is 4.88. The minimum absolute atomic E-state index is 0.570. The van der Waals surface area contributed by atoms with Gasteiger partial charge in [0.25, 0.3) is 0 Å². The Balaban J connectivity index is 1.74. The van der Waals surface area contributed by atoms with Gasteiger partial charge < -0.3 is 10.3 Å². The van der Waals surface area contributed by atoms with Crippen LogP contribution in [0.4, 0.5) is 0 Å². The first-order valence-corrected chi connectivity index (χ1v) is 9.83. The Morgan fingerprint density at radius 3 is 2.65 bits per heavy atom. The van der Waals surface area contributed by atoms with Crippen molar-refractivity contribution in [1.82, 2.24) is 15.2 Å². The normalized spacial score (nSPS) is 22.5. The standard InChI is InChI=1S/C19H26BrN3/c20-15-6-7-18-16(12-15)17(13-22-18)19(14-4-2-1-3-5-14)23-10-8-21-9-11-23/h6-7,12-14,19,21-22H,1-5,8-11H2/t19-/m0/s1. The van der Waals surface area contributed by atoms with Crippen LogP contribution in [0.3, 0.4) is 0 Å². The van der Waals surface area contributed by atoms with E-state index in [2.05, 4.69) is 55.5 Å². The molecule has 3 nitrogen and oxygen atoms in total. The Morgan fingerprint density at radius 1 is 1.09 bits per heavy atom. The first-order valence-electron chi connectivity index (χ1n) is 9.04. The highest BCUT2D eigenvalue weighted by Crippen LogP contribution is 2.41. The molecular weight excluding hydrogens is 350 g/mol. The summed E-state index contributed by atoms with van der Waals surface area (Å²) in [6.45, 7) is 4.58. The lowest BCUT2D eigenvalue weighted by atomic mass is 9.80. The molecule has 1 atom stereocenters. The molecule has 4 heteroatoms. The Labute approximate surface area is 147 Å². The van der Waals surface area contributed by atoms with Gasteiger partial charge in [-0.1, -0.05) is 35.2 Å². The molecule has 2 fully saturated rings. The maximum absolute atomic E-state index is 3.65. The summed E-state index contributed by atoms with van der Waals surface area (Å²) in [7, 11) is 0. The molecule has 0 unspecified atom stereocenters. The fourth-order valence-electron chi connectivity index (χ4n) is 4.52. The number of halogens is 1. The van der Waals surface area contributed by atoms with Crippen molar-refractivity contribution in [3.63, 3.8) is 0 Å². The topological polar surface area (TPSA) is 31.1 Å². The number of benzene rings is 1. The van der Waals surface area contributed by atoms with Crippen LogP contribution >= 0.6 is 15.9 Å². The van der Waals surface area contributed by atoms with Gasteiger partial charge in [0.2, 0.25) is 0 Å². The van der Waals surface area contributed by atoms with E-state index in [1.54, 1.807) is 0 Å². The Hall–Kier alpha value is -0.840. The number of nitrogens with zero attached hydrogens (tertiary/aromatic N) is 1. The van der Waals surface area contributed by atoms with Crippen molar-refractivity contribution in [1.29, 1.82) is 0 Å². The number of piperazine rings is 1. The van der Waals surface area contributed by atoms with E-state index in [4.69, 9.17) is 0 Å². The molecule has 1 aromatic carbocycles. The van der Waals surface area contributed by atoms with Gasteiger partial charge in [-0.3, -0.25) is 4.90 Å². The van der Waals surface area contributed by atoms with E-state index < -0.39 is 0 Å². The molecule has 0 amide bonds. The number of hydrogen-bond acceptors (Lipinski definition) is 2. The van der Waals surface area contributed by atoms with Gasteiger partial charge in [0.1, 0.15) is 0 Å². The van der Waals surface area contributed by atoms with Gasteiger partial charge in [0.05, 0.1) is 0 Å². The molecule has 2 heterocycles. The third kappa shape index (κ3) is 3.21. The second-order valence-electron chi connectivity index (χ2n) is 7.06. The van der Waals surface area contributed by atoms with Crippen LogP contribution < -0.4 is 5.32 Å². The van der Waals surface area contributed by atoms with Crippen LogP contribution in [0, 0.1) is 5.92 Å². The maximum Gasteiger partial charge on any atom is 0.0458 e. The van der Waals surface area contributed by atoms with Gasteiger partial charge in [-0.15, -0.1) is 0 Å². The van der Waals surface area contributed by atoms with Crippen molar-refractivity contribution in [2.45, 2.75) is 38.1 Å². The van der Waals surface area contributed by atoms with Gasteiger partial charge in [0.15, 0.2) is 0 Å². The molecule has 2 N–H and O–H groups in total. The molecule has 2 aliphatic rings. The quantitative estimate of drug-likeness (QED) is 0.829. The lowest BCUT2D eigenvalue weighted by molar-refractivity contribution is 0.104. The van der Waals surface area contributed by atoms with Crippen molar-refractivity contribution in [2.75, 3.05) is 26.2 Å². The van der Waals surface area contributed by atoms with E-state index in [1.165, 1.54) is 66.1 Å². The molecular formula is C19H26BrN3. The number of fused-ring (bicyclic) bond motifs is 1. The van der Waals surface area contributed by atoms with E-state index in [0.717, 1.165) is 19.0 Å². The fraction of sp³-hybridized carbons (Fsp3) is 0.579. The van der Waals surface area contributed by atoms with Crippen molar-refractivity contribution < 1.29 is 0 Å². The van der Waals surface area contributed by atoms with Gasteiger partial charge in [-0.25, -0.2) is 0 Å². The molecule has 23 heavy (non-hydrogen) atoms. The lowest BCUT2D eigenvalue weighted by Crippen LogP contribution is -2.47. The second kappa shape index (κ2) is 6.96. The summed E-state index contributed by atoms with van der Waals surface area (Å²) in [6, 6.07) is 7.18. The summed E-state index contributed by atoms with van der Waals surface area (Å²) >= 11 is 3.65. The van der Waals surface area contributed by atoms with E-state index in [1.807, 2.05) is 0 Å². The van der Waals surface area contributed by atoms with Crippen LogP contribution in [0.2, 0.25) is 0 Å². The predicted octanol–water partition coefficient (Wildman–Crippen LogP) is 4.46. The zero-order valence-electron chi connectivity index (χ0n) is 13.7. The maximum atomic E-state index is 3.65. The summed E-state index contributed by atoms with van der Waals surface area (Å²) in [5, 5.41) is 4.90. The zero-order valence-corrected chi connectivity index (χ0v) is 15.2. The largest absolute Gasteiger partial charge is 0.361 e. The van der Waals surface area contributed by atoms with Crippen LogP contribution in [-0.4, -0.2) is 36.1 Å². The molecule has 0 radical (unpaired) electrons. The summed E-state index contributed by atoms with van der Waals surface area (Å²) < 4.78 is 1.17. The van der Waals surface area contributed by atoms with Crippen LogP contribution in [-0.2, 0) is 0 Å². The number of H-pyrrole nitrogens is 1. The number of aromatic nitrogens is 1. The average Bonchev–Trinajstić information content (AvgIpc) is 3.00. The van der Waals surface area contributed by atoms with Crippen LogP contribution in [0.1, 0.15) is 43.7 Å². The Morgan fingerprint density at radius 2 is 1.87 bits per heavy atom. The van der Waals surface area contributed by atoms with Gasteiger partial charge >= 0.3 is 0 Å². The minimum atomic E-state index is 0.570. The smallest absolute Gasteiger partial charge is 0.0458 e. The number of nitrogens with one attached hydrogen (secondary N) is 2.